The van der Waals surface area contributed by atoms with Crippen molar-refractivity contribution in [1.82, 2.24) is 15.1 Å². The van der Waals surface area contributed by atoms with Crippen LogP contribution < -0.4 is 5.32 Å². The van der Waals surface area contributed by atoms with E-state index in [0.29, 0.717) is 0 Å². The van der Waals surface area contributed by atoms with Crippen molar-refractivity contribution < 1.29 is 0 Å². The Hall–Kier alpha value is -0.120. The molecule has 1 aliphatic carbocycles. The number of likely N-dealkylation sites (tertiary alicyclic amines) is 1. The van der Waals surface area contributed by atoms with E-state index in [0.717, 1.165) is 18.5 Å². The zero-order chi connectivity index (χ0) is 13.5. The molecule has 0 bridgehead atoms. The predicted octanol–water partition coefficient (Wildman–Crippen LogP) is 2.18. The summed E-state index contributed by atoms with van der Waals surface area (Å²) < 4.78 is 0. The van der Waals surface area contributed by atoms with Crippen LogP contribution in [0.15, 0.2) is 0 Å². The highest BCUT2D eigenvalue weighted by molar-refractivity contribution is 4.79. The summed E-state index contributed by atoms with van der Waals surface area (Å²) in [4.78, 5) is 5.02. The van der Waals surface area contributed by atoms with Gasteiger partial charge in [0.15, 0.2) is 0 Å². The van der Waals surface area contributed by atoms with Crippen molar-refractivity contribution in [3.8, 4) is 0 Å². The van der Waals surface area contributed by atoms with Gasteiger partial charge in [-0.15, -0.1) is 0 Å². The summed E-state index contributed by atoms with van der Waals surface area (Å²) in [7, 11) is 4.54. The number of nitrogens with zero attached hydrogens (tertiary/aromatic N) is 2. The smallest absolute Gasteiger partial charge is 0.0220 e. The van der Waals surface area contributed by atoms with Gasteiger partial charge in [-0.05, 0) is 58.8 Å². The largest absolute Gasteiger partial charge is 0.315 e. The van der Waals surface area contributed by atoms with E-state index < -0.39 is 0 Å². The van der Waals surface area contributed by atoms with Crippen LogP contribution >= 0.6 is 0 Å². The van der Waals surface area contributed by atoms with Crippen molar-refractivity contribution >= 4 is 0 Å². The molecule has 0 amide bonds. The van der Waals surface area contributed by atoms with Gasteiger partial charge in [0.25, 0.3) is 0 Å². The maximum atomic E-state index is 3.67. The minimum atomic E-state index is 0.795. The molecule has 2 aliphatic rings. The predicted molar refractivity (Wildman–Crippen MR) is 82.6 cm³/mol. The molecule has 1 atom stereocenters. The van der Waals surface area contributed by atoms with Gasteiger partial charge in [-0.3, -0.25) is 0 Å². The third-order valence-corrected chi connectivity index (χ3v) is 5.02. The molecule has 112 valence electrons. The molecular weight excluding hydrogens is 234 g/mol. The van der Waals surface area contributed by atoms with Gasteiger partial charge in [-0.25, -0.2) is 0 Å². The number of likely N-dealkylation sites (N-methyl/N-ethyl adjacent to an activating group) is 2. The normalized spacial score (nSPS) is 26.4. The number of hydrogen-bond acceptors (Lipinski definition) is 3. The number of nitrogens with one attached hydrogen (secondary N) is 1. The highest BCUT2D eigenvalue weighted by atomic mass is 15.2. The van der Waals surface area contributed by atoms with Gasteiger partial charge in [0, 0.05) is 25.7 Å². The van der Waals surface area contributed by atoms with E-state index >= 15 is 0 Å². The van der Waals surface area contributed by atoms with E-state index in [2.05, 4.69) is 29.2 Å². The summed E-state index contributed by atoms with van der Waals surface area (Å²) in [6.45, 7) is 6.12. The lowest BCUT2D eigenvalue weighted by Crippen LogP contribution is -2.40. The van der Waals surface area contributed by atoms with Crippen LogP contribution in [0.5, 0.6) is 0 Å². The molecule has 0 aromatic carbocycles. The van der Waals surface area contributed by atoms with Gasteiger partial charge >= 0.3 is 0 Å². The van der Waals surface area contributed by atoms with Crippen LogP contribution in [0.1, 0.15) is 44.9 Å². The Morgan fingerprint density at radius 3 is 2.58 bits per heavy atom. The fourth-order valence-corrected chi connectivity index (χ4v) is 3.63. The fourth-order valence-electron chi connectivity index (χ4n) is 3.63. The van der Waals surface area contributed by atoms with Crippen molar-refractivity contribution in [2.45, 2.75) is 51.0 Å². The van der Waals surface area contributed by atoms with Crippen LogP contribution in [0.3, 0.4) is 0 Å². The first kappa shape index (κ1) is 15.3. The lowest BCUT2D eigenvalue weighted by atomic mass is 9.89. The van der Waals surface area contributed by atoms with E-state index in [9.17, 15) is 0 Å². The van der Waals surface area contributed by atoms with Crippen molar-refractivity contribution in [2.24, 2.45) is 5.92 Å². The molecule has 2 fully saturated rings. The van der Waals surface area contributed by atoms with Crippen LogP contribution in [0.25, 0.3) is 0 Å². The van der Waals surface area contributed by atoms with E-state index in [1.165, 1.54) is 71.1 Å². The molecule has 0 radical (unpaired) electrons. The van der Waals surface area contributed by atoms with Crippen molar-refractivity contribution in [3.05, 3.63) is 0 Å². The monoisotopic (exact) mass is 267 g/mol. The second-order valence-electron chi connectivity index (χ2n) is 6.75. The van der Waals surface area contributed by atoms with Gasteiger partial charge in [-0.1, -0.05) is 19.3 Å². The lowest BCUT2D eigenvalue weighted by Gasteiger charge is -2.26. The fraction of sp³-hybridized carbons (Fsp3) is 1.00. The maximum Gasteiger partial charge on any atom is 0.0220 e. The minimum Gasteiger partial charge on any atom is -0.315 e. The second kappa shape index (κ2) is 8.23. The highest BCUT2D eigenvalue weighted by Gasteiger charge is 2.21. The van der Waals surface area contributed by atoms with Crippen LogP contribution in [0.2, 0.25) is 0 Å². The van der Waals surface area contributed by atoms with Gasteiger partial charge in [0.2, 0.25) is 0 Å². The first-order valence-electron chi connectivity index (χ1n) is 8.35. The van der Waals surface area contributed by atoms with Gasteiger partial charge in [0.05, 0.1) is 0 Å². The van der Waals surface area contributed by atoms with Crippen LogP contribution in [-0.2, 0) is 0 Å². The lowest BCUT2D eigenvalue weighted by molar-refractivity contribution is 0.218. The Balaban J connectivity index is 1.50. The average molecular weight is 267 g/mol. The van der Waals surface area contributed by atoms with E-state index in [1.54, 1.807) is 0 Å². The Morgan fingerprint density at radius 2 is 1.89 bits per heavy atom. The molecule has 3 nitrogen and oxygen atoms in total. The van der Waals surface area contributed by atoms with E-state index in [4.69, 9.17) is 0 Å². The molecule has 0 spiro atoms. The summed E-state index contributed by atoms with van der Waals surface area (Å²) in [5.74, 6) is 0.958. The number of rotatable bonds is 7. The SMILES string of the molecule is CN(CCNCC1CCCCC1)CC1CCCN1C. The zero-order valence-corrected chi connectivity index (χ0v) is 13.0. The third-order valence-electron chi connectivity index (χ3n) is 5.02. The molecule has 1 unspecified atom stereocenters. The first-order chi connectivity index (χ1) is 9.25. The minimum absolute atomic E-state index is 0.795. The molecular formula is C16H33N3. The van der Waals surface area contributed by atoms with E-state index in [1.807, 2.05) is 0 Å². The van der Waals surface area contributed by atoms with Crippen LogP contribution in [0, 0.1) is 5.92 Å². The summed E-state index contributed by atoms with van der Waals surface area (Å²) in [5.41, 5.74) is 0. The molecule has 19 heavy (non-hydrogen) atoms. The van der Waals surface area contributed by atoms with Crippen molar-refractivity contribution in [3.63, 3.8) is 0 Å². The van der Waals surface area contributed by atoms with Gasteiger partial charge in [0.1, 0.15) is 0 Å². The number of hydrogen-bond donors (Lipinski definition) is 1. The average Bonchev–Trinajstić information content (AvgIpc) is 2.82. The summed E-state index contributed by atoms with van der Waals surface area (Å²) >= 11 is 0. The second-order valence-corrected chi connectivity index (χ2v) is 6.75. The highest BCUT2D eigenvalue weighted by Crippen LogP contribution is 2.22. The Labute approximate surface area is 119 Å². The zero-order valence-electron chi connectivity index (χ0n) is 13.0. The summed E-state index contributed by atoms with van der Waals surface area (Å²) in [5, 5.41) is 3.67. The molecule has 1 N–H and O–H groups in total. The molecule has 0 aromatic rings. The molecule has 1 saturated heterocycles. The van der Waals surface area contributed by atoms with Gasteiger partial charge < -0.3 is 15.1 Å². The standard InChI is InChI=1S/C16H33N3/c1-18(14-16-9-6-11-19(16)2)12-10-17-13-15-7-4-3-5-8-15/h15-17H,3-14H2,1-2H3. The quantitative estimate of drug-likeness (QED) is 0.713. The molecule has 3 heteroatoms. The van der Waals surface area contributed by atoms with Crippen LogP contribution in [-0.4, -0.2) is 62.7 Å². The third kappa shape index (κ3) is 5.41. The molecule has 0 aromatic heterocycles. The van der Waals surface area contributed by atoms with Crippen molar-refractivity contribution in [1.29, 1.82) is 0 Å². The summed E-state index contributed by atoms with van der Waals surface area (Å²) in [6.07, 6.45) is 10.1. The van der Waals surface area contributed by atoms with Gasteiger partial charge in [-0.2, -0.15) is 0 Å². The first-order valence-corrected chi connectivity index (χ1v) is 8.35. The topological polar surface area (TPSA) is 18.5 Å². The van der Waals surface area contributed by atoms with Crippen LogP contribution in [0.4, 0.5) is 0 Å². The molecule has 1 saturated carbocycles. The molecule has 1 heterocycles. The maximum absolute atomic E-state index is 3.67. The van der Waals surface area contributed by atoms with Crippen molar-refractivity contribution in [2.75, 3.05) is 46.8 Å². The molecule has 1 aliphatic heterocycles. The summed E-state index contributed by atoms with van der Waals surface area (Å²) in [6, 6.07) is 0.795. The Morgan fingerprint density at radius 1 is 1.11 bits per heavy atom. The van der Waals surface area contributed by atoms with E-state index in [-0.39, 0.29) is 0 Å². The Bertz CT molecular complexity index is 238. The Kier molecular flexibility index (Phi) is 6.62. The molecule has 2 rings (SSSR count).